The Morgan fingerprint density at radius 1 is 1.12 bits per heavy atom. The molecule has 4 nitrogen and oxygen atoms in total. The maximum absolute atomic E-state index is 12.4. The van der Waals surface area contributed by atoms with E-state index in [9.17, 15) is 8.42 Å². The number of benzene rings is 2. The normalized spacial score (nSPS) is 19.8. The minimum Gasteiger partial charge on any atom is -0.369 e. The van der Waals surface area contributed by atoms with Crippen LogP contribution in [0, 0.1) is 6.92 Å². The SMILES string of the molecule is C/C(CNS(=O)(=O)c1ccc(C)cc1)=C1\COC(c2ccccc2)C1. The van der Waals surface area contributed by atoms with Crippen molar-refractivity contribution in [2.24, 2.45) is 0 Å². The second kappa shape index (κ2) is 7.52. The van der Waals surface area contributed by atoms with Gasteiger partial charge in [0.25, 0.3) is 0 Å². The van der Waals surface area contributed by atoms with Gasteiger partial charge >= 0.3 is 0 Å². The summed E-state index contributed by atoms with van der Waals surface area (Å²) >= 11 is 0. The van der Waals surface area contributed by atoms with E-state index in [-0.39, 0.29) is 6.10 Å². The Balaban J connectivity index is 1.65. The average molecular weight is 357 g/mol. The third kappa shape index (κ3) is 4.37. The molecule has 0 radical (unpaired) electrons. The lowest BCUT2D eigenvalue weighted by Crippen LogP contribution is -2.26. The van der Waals surface area contributed by atoms with Crippen LogP contribution in [0.15, 0.2) is 70.6 Å². The Morgan fingerprint density at radius 3 is 2.48 bits per heavy atom. The van der Waals surface area contributed by atoms with Gasteiger partial charge in [-0.05, 0) is 37.1 Å². The summed E-state index contributed by atoms with van der Waals surface area (Å²) in [6.45, 7) is 4.75. The zero-order valence-electron chi connectivity index (χ0n) is 14.5. The average Bonchev–Trinajstić information content (AvgIpc) is 3.11. The molecule has 0 amide bonds. The molecule has 132 valence electrons. The summed E-state index contributed by atoms with van der Waals surface area (Å²) in [7, 11) is -3.49. The molecule has 5 heteroatoms. The molecule has 25 heavy (non-hydrogen) atoms. The molecular formula is C20H23NO3S. The number of rotatable bonds is 5. The number of nitrogens with one attached hydrogen (secondary N) is 1. The van der Waals surface area contributed by atoms with Crippen LogP contribution in [-0.4, -0.2) is 21.6 Å². The third-order valence-electron chi connectivity index (χ3n) is 4.52. The first-order valence-corrected chi connectivity index (χ1v) is 9.84. The number of hydrogen-bond donors (Lipinski definition) is 1. The topological polar surface area (TPSA) is 55.4 Å². The van der Waals surface area contributed by atoms with Crippen molar-refractivity contribution >= 4 is 10.0 Å². The number of aryl methyl sites for hydroxylation is 1. The highest BCUT2D eigenvalue weighted by molar-refractivity contribution is 7.89. The molecule has 1 heterocycles. The van der Waals surface area contributed by atoms with Gasteiger partial charge in [0, 0.05) is 13.0 Å². The lowest BCUT2D eigenvalue weighted by atomic mass is 10.0. The van der Waals surface area contributed by atoms with Gasteiger partial charge in [0.2, 0.25) is 10.0 Å². The van der Waals surface area contributed by atoms with Crippen LogP contribution in [0.1, 0.15) is 30.6 Å². The quantitative estimate of drug-likeness (QED) is 0.829. The van der Waals surface area contributed by atoms with Crippen molar-refractivity contribution in [2.75, 3.05) is 13.2 Å². The molecular weight excluding hydrogens is 334 g/mol. The van der Waals surface area contributed by atoms with E-state index in [4.69, 9.17) is 4.74 Å². The first kappa shape index (κ1) is 17.9. The molecule has 2 aromatic rings. The molecule has 2 aromatic carbocycles. The fourth-order valence-electron chi connectivity index (χ4n) is 2.85. The van der Waals surface area contributed by atoms with Crippen molar-refractivity contribution in [1.29, 1.82) is 0 Å². The molecule has 0 aliphatic carbocycles. The first-order chi connectivity index (χ1) is 12.0. The highest BCUT2D eigenvalue weighted by Crippen LogP contribution is 2.33. The lowest BCUT2D eigenvalue weighted by molar-refractivity contribution is 0.114. The van der Waals surface area contributed by atoms with Crippen LogP contribution in [0.3, 0.4) is 0 Å². The van der Waals surface area contributed by atoms with E-state index in [2.05, 4.69) is 16.9 Å². The number of ether oxygens (including phenoxy) is 1. The Labute approximate surface area is 149 Å². The van der Waals surface area contributed by atoms with Crippen molar-refractivity contribution in [3.63, 3.8) is 0 Å². The molecule has 0 aromatic heterocycles. The summed E-state index contributed by atoms with van der Waals surface area (Å²) in [5, 5.41) is 0. The minimum atomic E-state index is -3.49. The highest BCUT2D eigenvalue weighted by Gasteiger charge is 2.23. The third-order valence-corrected chi connectivity index (χ3v) is 5.94. The van der Waals surface area contributed by atoms with Gasteiger partial charge in [-0.25, -0.2) is 13.1 Å². The van der Waals surface area contributed by atoms with Crippen molar-refractivity contribution in [3.8, 4) is 0 Å². The summed E-state index contributed by atoms with van der Waals surface area (Å²) in [4.78, 5) is 0.292. The van der Waals surface area contributed by atoms with Gasteiger partial charge in [-0.2, -0.15) is 0 Å². The zero-order valence-corrected chi connectivity index (χ0v) is 15.3. The molecule has 0 saturated carbocycles. The standard InChI is InChI=1S/C20H23NO3S/c1-15-8-10-19(11-9-15)25(22,23)21-13-16(2)18-12-20(24-14-18)17-6-4-3-5-7-17/h3-11,20-21H,12-14H2,1-2H3/b18-16+. The van der Waals surface area contributed by atoms with Crippen LogP contribution in [0.4, 0.5) is 0 Å². The number of hydrogen-bond acceptors (Lipinski definition) is 3. The van der Waals surface area contributed by atoms with Crippen molar-refractivity contribution < 1.29 is 13.2 Å². The van der Waals surface area contributed by atoms with E-state index >= 15 is 0 Å². The molecule has 1 fully saturated rings. The van der Waals surface area contributed by atoms with Crippen LogP contribution in [0.5, 0.6) is 0 Å². The second-order valence-corrected chi connectivity index (χ2v) is 8.20. The summed E-state index contributed by atoms with van der Waals surface area (Å²) in [5.74, 6) is 0. The fourth-order valence-corrected chi connectivity index (χ4v) is 3.92. The van der Waals surface area contributed by atoms with Crippen LogP contribution in [0.25, 0.3) is 0 Å². The van der Waals surface area contributed by atoms with Gasteiger partial charge in [-0.1, -0.05) is 53.6 Å². The van der Waals surface area contributed by atoms with Crippen LogP contribution in [0.2, 0.25) is 0 Å². The van der Waals surface area contributed by atoms with Crippen molar-refractivity contribution in [2.45, 2.75) is 31.3 Å². The van der Waals surface area contributed by atoms with Crippen molar-refractivity contribution in [1.82, 2.24) is 4.72 Å². The van der Waals surface area contributed by atoms with Gasteiger partial charge in [0.15, 0.2) is 0 Å². The fraction of sp³-hybridized carbons (Fsp3) is 0.300. The van der Waals surface area contributed by atoms with E-state index in [1.807, 2.05) is 32.0 Å². The Morgan fingerprint density at radius 2 is 1.80 bits per heavy atom. The van der Waals surface area contributed by atoms with Crippen molar-refractivity contribution in [3.05, 3.63) is 76.9 Å². The molecule has 1 aliphatic heterocycles. The summed E-state index contributed by atoms with van der Waals surface area (Å²) in [6.07, 6.45) is 0.863. The van der Waals surface area contributed by atoms with Crippen LogP contribution < -0.4 is 4.72 Å². The smallest absolute Gasteiger partial charge is 0.240 e. The van der Waals surface area contributed by atoms with Gasteiger partial charge in [0.1, 0.15) is 0 Å². The molecule has 0 spiro atoms. The highest BCUT2D eigenvalue weighted by atomic mass is 32.2. The lowest BCUT2D eigenvalue weighted by Gasteiger charge is -2.10. The monoisotopic (exact) mass is 357 g/mol. The van der Waals surface area contributed by atoms with E-state index in [1.165, 1.54) is 5.57 Å². The van der Waals surface area contributed by atoms with E-state index < -0.39 is 10.0 Å². The minimum absolute atomic E-state index is 0.0554. The van der Waals surface area contributed by atoms with E-state index in [0.29, 0.717) is 18.0 Å². The predicted octanol–water partition coefficient (Wildman–Crippen LogP) is 3.75. The molecule has 1 N–H and O–H groups in total. The summed E-state index contributed by atoms with van der Waals surface area (Å²) in [6, 6.07) is 17.0. The maximum Gasteiger partial charge on any atom is 0.240 e. The van der Waals surface area contributed by atoms with Gasteiger partial charge in [-0.3, -0.25) is 0 Å². The summed E-state index contributed by atoms with van der Waals surface area (Å²) in [5.41, 5.74) is 4.38. The predicted molar refractivity (Wildman–Crippen MR) is 98.8 cm³/mol. The van der Waals surface area contributed by atoms with Gasteiger partial charge < -0.3 is 4.74 Å². The second-order valence-electron chi connectivity index (χ2n) is 6.44. The van der Waals surface area contributed by atoms with Crippen LogP contribution in [-0.2, 0) is 14.8 Å². The van der Waals surface area contributed by atoms with E-state index in [1.54, 1.807) is 24.3 Å². The maximum atomic E-state index is 12.4. The Kier molecular flexibility index (Phi) is 5.37. The molecule has 1 aliphatic rings. The van der Waals surface area contributed by atoms with E-state index in [0.717, 1.165) is 23.1 Å². The Hall–Kier alpha value is -1.95. The van der Waals surface area contributed by atoms with Gasteiger partial charge in [-0.15, -0.1) is 0 Å². The zero-order chi connectivity index (χ0) is 17.9. The molecule has 3 rings (SSSR count). The summed E-state index contributed by atoms with van der Waals surface area (Å²) < 4.78 is 33.3. The molecule has 1 unspecified atom stereocenters. The molecule has 1 atom stereocenters. The molecule has 1 saturated heterocycles. The first-order valence-electron chi connectivity index (χ1n) is 8.36. The number of sulfonamides is 1. The molecule has 0 bridgehead atoms. The van der Waals surface area contributed by atoms with Gasteiger partial charge in [0.05, 0.1) is 17.6 Å². The van der Waals surface area contributed by atoms with Crippen LogP contribution >= 0.6 is 0 Å². The Bertz CT molecular complexity index is 856. The largest absolute Gasteiger partial charge is 0.369 e.